The van der Waals surface area contributed by atoms with Crippen LogP contribution in [-0.4, -0.2) is 47.3 Å². The molecule has 3 rings (SSSR count). The summed E-state index contributed by atoms with van der Waals surface area (Å²) >= 11 is 0.946. The van der Waals surface area contributed by atoms with Gasteiger partial charge in [0.2, 0.25) is 0 Å². The molecule has 0 aliphatic carbocycles. The third-order valence-corrected chi connectivity index (χ3v) is 7.86. The number of urea groups is 1. The van der Waals surface area contributed by atoms with E-state index in [4.69, 9.17) is 0 Å². The minimum atomic E-state index is -4.65. The van der Waals surface area contributed by atoms with E-state index in [0.29, 0.717) is 17.8 Å². The smallest absolute Gasteiger partial charge is 0.336 e. The fourth-order valence-electron chi connectivity index (χ4n) is 4.84. The molecule has 2 aromatic heterocycles. The second-order valence-electron chi connectivity index (χ2n) is 10.2. The molecule has 1 aliphatic rings. The van der Waals surface area contributed by atoms with Crippen LogP contribution in [0.3, 0.4) is 0 Å². The van der Waals surface area contributed by atoms with Crippen molar-refractivity contribution < 1.29 is 22.4 Å². The van der Waals surface area contributed by atoms with E-state index in [1.807, 2.05) is 37.8 Å². The van der Waals surface area contributed by atoms with Crippen LogP contribution < -0.4 is 10.6 Å². The van der Waals surface area contributed by atoms with Gasteiger partial charge in [-0.1, -0.05) is 6.07 Å². The molecule has 0 radical (unpaired) electrons. The number of alkyl halides is 3. The highest BCUT2D eigenvalue weighted by Crippen LogP contribution is 2.48. The average molecular weight is 515 g/mol. The van der Waals surface area contributed by atoms with E-state index in [1.54, 1.807) is 26.1 Å². The summed E-state index contributed by atoms with van der Waals surface area (Å²) in [5, 5.41) is 4.40. The van der Waals surface area contributed by atoms with Gasteiger partial charge in [0.05, 0.1) is 0 Å². The number of rotatable bonds is 8. The highest BCUT2D eigenvalue weighted by atomic mass is 32.1. The number of hydrogen-bond donors (Lipinski definition) is 2. The van der Waals surface area contributed by atoms with Crippen molar-refractivity contribution in [2.75, 3.05) is 13.1 Å². The average Bonchev–Trinajstić information content (AvgIpc) is 3.37. The maximum Gasteiger partial charge on any atom is 0.409 e. The number of carbonyl (C=O) groups is 1. The highest BCUT2D eigenvalue weighted by Gasteiger charge is 2.57. The Morgan fingerprint density at radius 2 is 1.91 bits per heavy atom. The number of aromatic nitrogens is 1. The Morgan fingerprint density at radius 3 is 2.46 bits per heavy atom. The molecule has 10 heteroatoms. The molecule has 2 aromatic rings. The molecule has 194 valence electrons. The van der Waals surface area contributed by atoms with E-state index in [1.165, 1.54) is 6.07 Å². The van der Waals surface area contributed by atoms with Gasteiger partial charge in [-0.05, 0) is 84.2 Å². The molecule has 2 amide bonds. The zero-order chi connectivity index (χ0) is 26.0. The summed E-state index contributed by atoms with van der Waals surface area (Å²) in [5.41, 5.74) is -0.0645. The lowest BCUT2D eigenvalue weighted by Gasteiger charge is -2.42. The van der Waals surface area contributed by atoms with Crippen LogP contribution in [-0.2, 0) is 12.0 Å². The molecule has 2 N–H and O–H groups in total. The Kier molecular flexibility index (Phi) is 8.16. The van der Waals surface area contributed by atoms with Gasteiger partial charge in [0.1, 0.15) is 6.04 Å². The van der Waals surface area contributed by atoms with E-state index in [0.717, 1.165) is 22.6 Å². The Hall–Kier alpha value is -2.20. The van der Waals surface area contributed by atoms with Crippen LogP contribution in [0, 0.1) is 17.5 Å². The highest BCUT2D eigenvalue weighted by molar-refractivity contribution is 7.10. The molecular weight excluding hydrogens is 480 g/mol. The minimum Gasteiger partial charge on any atom is -0.336 e. The Labute approximate surface area is 208 Å². The monoisotopic (exact) mass is 514 g/mol. The number of likely N-dealkylation sites (tertiary alicyclic amines) is 1. The SMILES string of the molecule is Cc1ccc(C(C)(C)N2CCC(CCc3ccc(F)s3)([C@@H](NC(=O)NC(C)C)C(F)(F)F)C2)cn1. The van der Waals surface area contributed by atoms with E-state index < -0.39 is 29.2 Å². The van der Waals surface area contributed by atoms with Crippen LogP contribution in [0.2, 0.25) is 0 Å². The third kappa shape index (κ3) is 6.52. The number of carbonyl (C=O) groups excluding carboxylic acids is 1. The van der Waals surface area contributed by atoms with Crippen LogP contribution in [0.4, 0.5) is 22.4 Å². The molecule has 0 spiro atoms. The van der Waals surface area contributed by atoms with Gasteiger partial charge in [-0.3, -0.25) is 9.88 Å². The summed E-state index contributed by atoms with van der Waals surface area (Å²) in [7, 11) is 0. The lowest BCUT2D eigenvalue weighted by Crippen LogP contribution is -2.60. The summed E-state index contributed by atoms with van der Waals surface area (Å²) < 4.78 is 57.1. The van der Waals surface area contributed by atoms with Gasteiger partial charge in [0, 0.05) is 40.3 Å². The third-order valence-electron chi connectivity index (χ3n) is 6.93. The zero-order valence-corrected chi connectivity index (χ0v) is 21.6. The van der Waals surface area contributed by atoms with Crippen molar-refractivity contribution >= 4 is 17.4 Å². The van der Waals surface area contributed by atoms with Gasteiger partial charge < -0.3 is 10.6 Å². The van der Waals surface area contributed by atoms with Crippen LogP contribution >= 0.6 is 11.3 Å². The summed E-state index contributed by atoms with van der Waals surface area (Å²) in [5.74, 6) is 0. The first-order valence-electron chi connectivity index (χ1n) is 11.8. The molecular formula is C25H34F4N4OS. The number of hydrogen-bond acceptors (Lipinski definition) is 4. The van der Waals surface area contributed by atoms with Crippen LogP contribution in [0.1, 0.15) is 56.7 Å². The molecule has 3 heterocycles. The van der Waals surface area contributed by atoms with E-state index in [-0.39, 0.29) is 30.6 Å². The van der Waals surface area contributed by atoms with Gasteiger partial charge in [-0.2, -0.15) is 17.6 Å². The van der Waals surface area contributed by atoms with Crippen LogP contribution in [0.25, 0.3) is 0 Å². The van der Waals surface area contributed by atoms with Gasteiger partial charge in [0.25, 0.3) is 0 Å². The largest absolute Gasteiger partial charge is 0.409 e. The standard InChI is InChI=1S/C25H34F4N4OS/c1-16(2)31-22(34)32-21(25(27,28)29)24(11-10-19-8-9-20(26)35-19)12-13-33(15-24)23(4,5)18-7-6-17(3)30-14-18/h6-9,14,16,21H,10-13,15H2,1-5H3,(H2,31,32,34)/t21-,24?/m1/s1. The molecule has 0 aromatic carbocycles. The first-order valence-corrected chi connectivity index (χ1v) is 12.6. The fraction of sp³-hybridized carbons (Fsp3) is 0.600. The molecule has 0 bridgehead atoms. The van der Waals surface area contributed by atoms with Crippen molar-refractivity contribution in [2.24, 2.45) is 5.41 Å². The lowest BCUT2D eigenvalue weighted by molar-refractivity contribution is -0.181. The van der Waals surface area contributed by atoms with Crippen LogP contribution in [0.5, 0.6) is 0 Å². The second-order valence-corrected chi connectivity index (χ2v) is 11.4. The Balaban J connectivity index is 1.94. The molecule has 35 heavy (non-hydrogen) atoms. The number of nitrogens with one attached hydrogen (secondary N) is 2. The van der Waals surface area contributed by atoms with E-state index in [2.05, 4.69) is 15.6 Å². The summed E-state index contributed by atoms with van der Waals surface area (Å²) in [6, 6.07) is 3.59. The van der Waals surface area contributed by atoms with Gasteiger partial charge >= 0.3 is 12.2 Å². The van der Waals surface area contributed by atoms with Crippen molar-refractivity contribution in [3.05, 3.63) is 51.7 Å². The molecule has 2 atom stereocenters. The molecule has 1 unspecified atom stereocenters. The van der Waals surface area contributed by atoms with Crippen LogP contribution in [0.15, 0.2) is 30.5 Å². The summed E-state index contributed by atoms with van der Waals surface area (Å²) in [6.45, 7) is 9.79. The molecule has 1 saturated heterocycles. The maximum atomic E-state index is 14.5. The molecule has 0 saturated carbocycles. The minimum absolute atomic E-state index is 0.133. The van der Waals surface area contributed by atoms with E-state index in [9.17, 15) is 22.4 Å². The maximum absolute atomic E-state index is 14.5. The van der Waals surface area contributed by atoms with Gasteiger partial charge in [-0.25, -0.2) is 4.79 Å². The molecule has 5 nitrogen and oxygen atoms in total. The molecule has 1 fully saturated rings. The number of halogens is 4. The number of thiophene rings is 1. The second kappa shape index (κ2) is 10.4. The van der Waals surface area contributed by atoms with Crippen molar-refractivity contribution in [3.8, 4) is 0 Å². The number of aryl methyl sites for hydroxylation is 2. The van der Waals surface area contributed by atoms with Crippen molar-refractivity contribution in [2.45, 2.75) is 77.7 Å². The van der Waals surface area contributed by atoms with Gasteiger partial charge in [-0.15, -0.1) is 11.3 Å². The summed E-state index contributed by atoms with van der Waals surface area (Å²) in [6.07, 6.45) is -2.18. The van der Waals surface area contributed by atoms with E-state index >= 15 is 0 Å². The fourth-order valence-corrected chi connectivity index (χ4v) is 5.57. The number of pyridine rings is 1. The first-order chi connectivity index (χ1) is 16.2. The van der Waals surface area contributed by atoms with Crippen molar-refractivity contribution in [1.82, 2.24) is 20.5 Å². The normalized spacial score (nSPS) is 20.3. The predicted octanol–water partition coefficient (Wildman–Crippen LogP) is 5.79. The zero-order valence-electron chi connectivity index (χ0n) is 20.8. The predicted molar refractivity (Wildman–Crippen MR) is 130 cm³/mol. The quantitative estimate of drug-likeness (QED) is 0.439. The Bertz CT molecular complexity index is 1010. The first kappa shape index (κ1) is 27.4. The number of nitrogens with zero attached hydrogens (tertiary/aromatic N) is 2. The van der Waals surface area contributed by atoms with Crippen molar-refractivity contribution in [1.29, 1.82) is 0 Å². The lowest BCUT2D eigenvalue weighted by atomic mass is 9.74. The van der Waals surface area contributed by atoms with Crippen molar-refractivity contribution in [3.63, 3.8) is 0 Å². The summed E-state index contributed by atoms with van der Waals surface area (Å²) in [4.78, 5) is 19.5. The van der Waals surface area contributed by atoms with Gasteiger partial charge in [0.15, 0.2) is 5.13 Å². The Morgan fingerprint density at radius 1 is 1.20 bits per heavy atom. The molecule has 1 aliphatic heterocycles. The number of amides is 2. The topological polar surface area (TPSA) is 57.3 Å².